The van der Waals surface area contributed by atoms with E-state index in [9.17, 15) is 0 Å². The van der Waals surface area contributed by atoms with Gasteiger partial charge >= 0.3 is 0 Å². The van der Waals surface area contributed by atoms with Crippen molar-refractivity contribution in [2.45, 2.75) is 51.1 Å². The quantitative estimate of drug-likeness (QED) is 0.902. The average Bonchev–Trinajstić information content (AvgIpc) is 2.76. The SMILES string of the molecule is CNC(c1ccsc1C)C1(N(C)C)CCCC(C)C1. The first kappa shape index (κ1) is 15.0. The molecule has 0 bridgehead atoms. The summed E-state index contributed by atoms with van der Waals surface area (Å²) in [6.45, 7) is 4.66. The summed E-state index contributed by atoms with van der Waals surface area (Å²) in [5.74, 6) is 0.825. The molecule has 1 heterocycles. The molecule has 2 rings (SSSR count). The van der Waals surface area contributed by atoms with Crippen molar-refractivity contribution in [1.82, 2.24) is 10.2 Å². The smallest absolute Gasteiger partial charge is 0.0515 e. The fraction of sp³-hybridized carbons (Fsp3) is 0.750. The molecule has 0 radical (unpaired) electrons. The molecule has 0 spiro atoms. The third kappa shape index (κ3) is 2.74. The van der Waals surface area contributed by atoms with E-state index in [1.807, 2.05) is 11.3 Å². The largest absolute Gasteiger partial charge is 0.311 e. The fourth-order valence-electron chi connectivity index (χ4n) is 3.90. The van der Waals surface area contributed by atoms with E-state index in [2.05, 4.69) is 56.7 Å². The molecule has 3 atom stereocenters. The Hall–Kier alpha value is -0.380. The molecule has 0 aliphatic heterocycles. The number of nitrogens with one attached hydrogen (secondary N) is 1. The van der Waals surface area contributed by atoms with Gasteiger partial charge in [0, 0.05) is 10.4 Å². The minimum Gasteiger partial charge on any atom is -0.311 e. The molecule has 1 aromatic rings. The van der Waals surface area contributed by atoms with Crippen LogP contribution in [-0.4, -0.2) is 31.6 Å². The predicted molar refractivity (Wildman–Crippen MR) is 84.9 cm³/mol. The average molecular weight is 280 g/mol. The maximum absolute atomic E-state index is 3.62. The Labute approximate surface area is 122 Å². The van der Waals surface area contributed by atoms with E-state index < -0.39 is 0 Å². The topological polar surface area (TPSA) is 15.3 Å². The van der Waals surface area contributed by atoms with Crippen LogP contribution in [0.15, 0.2) is 11.4 Å². The summed E-state index contributed by atoms with van der Waals surface area (Å²) in [6, 6.07) is 2.75. The monoisotopic (exact) mass is 280 g/mol. The Morgan fingerprint density at radius 2 is 2.21 bits per heavy atom. The van der Waals surface area contributed by atoms with Crippen molar-refractivity contribution in [3.63, 3.8) is 0 Å². The summed E-state index contributed by atoms with van der Waals surface area (Å²) in [5.41, 5.74) is 1.76. The summed E-state index contributed by atoms with van der Waals surface area (Å²) in [6.07, 6.45) is 5.32. The van der Waals surface area contributed by atoms with Crippen LogP contribution in [0.3, 0.4) is 0 Å². The molecule has 0 saturated heterocycles. The van der Waals surface area contributed by atoms with Gasteiger partial charge in [-0.1, -0.05) is 19.8 Å². The standard InChI is InChI=1S/C16H28N2S/c1-12-7-6-9-16(11-12,18(4)5)15(17-3)14-8-10-19-13(14)2/h8,10,12,15,17H,6-7,9,11H2,1-5H3. The highest BCUT2D eigenvalue weighted by molar-refractivity contribution is 7.10. The third-order valence-electron chi connectivity index (χ3n) is 4.94. The van der Waals surface area contributed by atoms with Gasteiger partial charge in [-0.2, -0.15) is 0 Å². The molecule has 1 fully saturated rings. The van der Waals surface area contributed by atoms with Crippen molar-refractivity contribution in [2.24, 2.45) is 5.92 Å². The Balaban J connectivity index is 2.39. The van der Waals surface area contributed by atoms with Gasteiger partial charge in [-0.05, 0) is 63.8 Å². The van der Waals surface area contributed by atoms with Gasteiger partial charge in [-0.15, -0.1) is 11.3 Å². The number of thiophene rings is 1. The van der Waals surface area contributed by atoms with Crippen molar-refractivity contribution in [1.29, 1.82) is 0 Å². The van der Waals surface area contributed by atoms with Gasteiger partial charge in [0.05, 0.1) is 6.04 Å². The van der Waals surface area contributed by atoms with Crippen molar-refractivity contribution < 1.29 is 0 Å². The minimum absolute atomic E-state index is 0.262. The summed E-state index contributed by atoms with van der Waals surface area (Å²) < 4.78 is 0. The van der Waals surface area contributed by atoms with E-state index in [-0.39, 0.29) is 5.54 Å². The molecule has 2 nitrogen and oxygen atoms in total. The van der Waals surface area contributed by atoms with E-state index in [1.54, 1.807) is 0 Å². The van der Waals surface area contributed by atoms with Crippen LogP contribution in [0.1, 0.15) is 49.1 Å². The molecular formula is C16H28N2S. The number of hydrogen-bond donors (Lipinski definition) is 1. The summed E-state index contributed by atoms with van der Waals surface area (Å²) in [7, 11) is 6.63. The van der Waals surface area contributed by atoms with Gasteiger partial charge in [-0.3, -0.25) is 0 Å². The van der Waals surface area contributed by atoms with Gasteiger partial charge in [0.25, 0.3) is 0 Å². The molecular weight excluding hydrogens is 252 g/mol. The fourth-order valence-corrected chi connectivity index (χ4v) is 4.64. The van der Waals surface area contributed by atoms with E-state index in [4.69, 9.17) is 0 Å². The lowest BCUT2D eigenvalue weighted by atomic mass is 9.69. The van der Waals surface area contributed by atoms with Crippen molar-refractivity contribution in [2.75, 3.05) is 21.1 Å². The third-order valence-corrected chi connectivity index (χ3v) is 5.80. The number of likely N-dealkylation sites (N-methyl/N-ethyl adjacent to an activating group) is 2. The Kier molecular flexibility index (Phi) is 4.70. The number of rotatable bonds is 4. The normalized spacial score (nSPS) is 29.7. The maximum Gasteiger partial charge on any atom is 0.0515 e. The number of aryl methyl sites for hydroxylation is 1. The van der Waals surface area contributed by atoms with Crippen molar-refractivity contribution in [3.05, 3.63) is 21.9 Å². The number of hydrogen-bond acceptors (Lipinski definition) is 3. The zero-order chi connectivity index (χ0) is 14.0. The molecule has 1 aromatic heterocycles. The van der Waals surface area contributed by atoms with E-state index in [0.29, 0.717) is 6.04 Å². The van der Waals surface area contributed by atoms with Gasteiger partial charge in [0.1, 0.15) is 0 Å². The molecule has 0 amide bonds. The highest BCUT2D eigenvalue weighted by atomic mass is 32.1. The molecule has 1 N–H and O–H groups in total. The van der Waals surface area contributed by atoms with Gasteiger partial charge < -0.3 is 10.2 Å². The molecule has 19 heavy (non-hydrogen) atoms. The molecule has 3 heteroatoms. The molecule has 0 aromatic carbocycles. The predicted octanol–water partition coefficient (Wildman–Crippen LogP) is 3.83. The van der Waals surface area contributed by atoms with Crippen LogP contribution in [0.2, 0.25) is 0 Å². The lowest BCUT2D eigenvalue weighted by Crippen LogP contribution is -2.55. The van der Waals surface area contributed by atoms with Crippen LogP contribution in [0.5, 0.6) is 0 Å². The Bertz CT molecular complexity index is 413. The molecule has 1 aliphatic carbocycles. The second kappa shape index (κ2) is 5.94. The molecule has 1 saturated carbocycles. The van der Waals surface area contributed by atoms with Crippen molar-refractivity contribution >= 4 is 11.3 Å². The van der Waals surface area contributed by atoms with Crippen LogP contribution in [-0.2, 0) is 0 Å². The highest BCUT2D eigenvalue weighted by Gasteiger charge is 2.44. The minimum atomic E-state index is 0.262. The van der Waals surface area contributed by atoms with Gasteiger partial charge in [0.2, 0.25) is 0 Å². The summed E-state index contributed by atoms with van der Waals surface area (Å²) >= 11 is 1.86. The first-order chi connectivity index (χ1) is 9.01. The number of nitrogens with zero attached hydrogens (tertiary/aromatic N) is 1. The second-order valence-electron chi connectivity index (χ2n) is 6.35. The highest BCUT2D eigenvalue weighted by Crippen LogP contribution is 2.45. The lowest BCUT2D eigenvalue weighted by molar-refractivity contribution is 0.0392. The van der Waals surface area contributed by atoms with Crippen LogP contribution < -0.4 is 5.32 Å². The zero-order valence-electron chi connectivity index (χ0n) is 13.0. The van der Waals surface area contributed by atoms with Crippen LogP contribution in [0.4, 0.5) is 0 Å². The molecule has 1 aliphatic rings. The summed E-state index contributed by atoms with van der Waals surface area (Å²) in [4.78, 5) is 3.93. The van der Waals surface area contributed by atoms with E-state index in [1.165, 1.54) is 36.1 Å². The Morgan fingerprint density at radius 3 is 2.68 bits per heavy atom. The van der Waals surface area contributed by atoms with Gasteiger partial charge in [0.15, 0.2) is 0 Å². The lowest BCUT2D eigenvalue weighted by Gasteiger charge is -2.50. The molecule has 108 valence electrons. The molecule has 3 unspecified atom stereocenters. The van der Waals surface area contributed by atoms with Crippen LogP contribution in [0.25, 0.3) is 0 Å². The maximum atomic E-state index is 3.62. The van der Waals surface area contributed by atoms with Crippen LogP contribution in [0, 0.1) is 12.8 Å². The first-order valence-electron chi connectivity index (χ1n) is 7.40. The van der Waals surface area contributed by atoms with Crippen molar-refractivity contribution in [3.8, 4) is 0 Å². The van der Waals surface area contributed by atoms with Crippen LogP contribution >= 0.6 is 11.3 Å². The van der Waals surface area contributed by atoms with E-state index in [0.717, 1.165) is 5.92 Å². The second-order valence-corrected chi connectivity index (χ2v) is 7.47. The summed E-state index contributed by atoms with van der Waals surface area (Å²) in [5, 5.41) is 5.85. The van der Waals surface area contributed by atoms with E-state index >= 15 is 0 Å². The van der Waals surface area contributed by atoms with Gasteiger partial charge in [-0.25, -0.2) is 0 Å². The first-order valence-corrected chi connectivity index (χ1v) is 8.28. The Morgan fingerprint density at radius 1 is 1.47 bits per heavy atom. The zero-order valence-corrected chi connectivity index (χ0v) is 13.8.